The molecule has 172 valence electrons. The Bertz CT molecular complexity index is 1290. The SMILES string of the molecule is Cc1cccc(NS(=O)(=O)c2ccc(C(=O)OC(C)C(=O)Nc3ccccc3F)cc2)c1C. The summed E-state index contributed by atoms with van der Waals surface area (Å²) in [6.45, 7) is 5.04. The van der Waals surface area contributed by atoms with Gasteiger partial charge in [0, 0.05) is 0 Å². The van der Waals surface area contributed by atoms with Gasteiger partial charge in [-0.15, -0.1) is 0 Å². The van der Waals surface area contributed by atoms with Gasteiger partial charge in [0.05, 0.1) is 21.8 Å². The summed E-state index contributed by atoms with van der Waals surface area (Å²) >= 11 is 0. The molecular formula is C24H23FN2O5S. The number of para-hydroxylation sites is 1. The fourth-order valence-corrected chi connectivity index (χ4v) is 4.04. The highest BCUT2D eigenvalue weighted by Crippen LogP contribution is 2.22. The maximum atomic E-state index is 13.7. The highest BCUT2D eigenvalue weighted by Gasteiger charge is 2.21. The molecule has 0 fully saturated rings. The number of hydrogen-bond donors (Lipinski definition) is 2. The second kappa shape index (κ2) is 9.83. The van der Waals surface area contributed by atoms with Gasteiger partial charge in [-0.3, -0.25) is 9.52 Å². The minimum absolute atomic E-state index is 0.0312. The molecule has 1 amide bonds. The summed E-state index contributed by atoms with van der Waals surface area (Å²) in [6.07, 6.45) is -1.20. The summed E-state index contributed by atoms with van der Waals surface area (Å²) in [7, 11) is -3.87. The molecule has 33 heavy (non-hydrogen) atoms. The van der Waals surface area contributed by atoms with Crippen molar-refractivity contribution in [1.82, 2.24) is 0 Å². The van der Waals surface area contributed by atoms with Crippen LogP contribution in [0.3, 0.4) is 0 Å². The summed E-state index contributed by atoms with van der Waals surface area (Å²) in [5, 5.41) is 2.35. The number of sulfonamides is 1. The van der Waals surface area contributed by atoms with Gasteiger partial charge in [0.1, 0.15) is 5.82 Å². The summed E-state index contributed by atoms with van der Waals surface area (Å²) in [6, 6.07) is 16.0. The molecule has 1 unspecified atom stereocenters. The second-order valence-electron chi connectivity index (χ2n) is 7.39. The minimum atomic E-state index is -3.87. The normalized spacial score (nSPS) is 12.0. The highest BCUT2D eigenvalue weighted by atomic mass is 32.2. The molecule has 3 aromatic rings. The lowest BCUT2D eigenvalue weighted by molar-refractivity contribution is -0.123. The van der Waals surface area contributed by atoms with Crippen LogP contribution >= 0.6 is 0 Å². The smallest absolute Gasteiger partial charge is 0.338 e. The number of ether oxygens (including phenoxy) is 1. The number of benzene rings is 3. The van der Waals surface area contributed by atoms with Gasteiger partial charge < -0.3 is 10.1 Å². The molecule has 9 heteroatoms. The van der Waals surface area contributed by atoms with Gasteiger partial charge in [-0.1, -0.05) is 24.3 Å². The average Bonchev–Trinajstić information content (AvgIpc) is 2.78. The van der Waals surface area contributed by atoms with Crippen molar-refractivity contribution in [3.63, 3.8) is 0 Å². The van der Waals surface area contributed by atoms with Crippen molar-refractivity contribution in [3.05, 3.63) is 89.2 Å². The lowest BCUT2D eigenvalue weighted by atomic mass is 10.1. The average molecular weight is 471 g/mol. The van der Waals surface area contributed by atoms with Crippen LogP contribution < -0.4 is 10.0 Å². The minimum Gasteiger partial charge on any atom is -0.449 e. The first-order valence-electron chi connectivity index (χ1n) is 10.0. The van der Waals surface area contributed by atoms with E-state index in [-0.39, 0.29) is 16.1 Å². The van der Waals surface area contributed by atoms with Gasteiger partial charge in [0.15, 0.2) is 6.10 Å². The van der Waals surface area contributed by atoms with Gasteiger partial charge in [-0.2, -0.15) is 0 Å². The second-order valence-corrected chi connectivity index (χ2v) is 9.08. The van der Waals surface area contributed by atoms with Crippen LogP contribution in [-0.2, 0) is 19.6 Å². The van der Waals surface area contributed by atoms with E-state index in [1.54, 1.807) is 18.2 Å². The molecule has 7 nitrogen and oxygen atoms in total. The zero-order valence-corrected chi connectivity index (χ0v) is 19.1. The van der Waals surface area contributed by atoms with Crippen LogP contribution in [0.25, 0.3) is 0 Å². The largest absolute Gasteiger partial charge is 0.449 e. The Labute approximate surface area is 191 Å². The lowest BCUT2D eigenvalue weighted by Crippen LogP contribution is -2.30. The number of nitrogens with one attached hydrogen (secondary N) is 2. The fourth-order valence-electron chi connectivity index (χ4n) is 2.91. The van der Waals surface area contributed by atoms with E-state index >= 15 is 0 Å². The molecule has 0 bridgehead atoms. The molecule has 0 aliphatic heterocycles. The molecule has 0 aromatic heterocycles. The molecule has 1 atom stereocenters. The van der Waals surface area contributed by atoms with Gasteiger partial charge in [-0.05, 0) is 74.4 Å². The van der Waals surface area contributed by atoms with Crippen molar-refractivity contribution in [1.29, 1.82) is 0 Å². The van der Waals surface area contributed by atoms with Crippen molar-refractivity contribution in [2.24, 2.45) is 0 Å². The Hall–Kier alpha value is -3.72. The Kier molecular flexibility index (Phi) is 7.13. The predicted octanol–water partition coefficient (Wildman–Crippen LogP) is 4.43. The maximum Gasteiger partial charge on any atom is 0.338 e. The third-order valence-electron chi connectivity index (χ3n) is 5.03. The summed E-state index contributed by atoms with van der Waals surface area (Å²) < 4.78 is 46.7. The van der Waals surface area contributed by atoms with Crippen LogP contribution in [0.4, 0.5) is 15.8 Å². The zero-order chi connectivity index (χ0) is 24.2. The predicted molar refractivity (Wildman–Crippen MR) is 123 cm³/mol. The van der Waals surface area contributed by atoms with Crippen molar-refractivity contribution < 1.29 is 27.1 Å². The Morgan fingerprint density at radius 2 is 1.55 bits per heavy atom. The first-order valence-corrected chi connectivity index (χ1v) is 11.5. The number of carbonyl (C=O) groups is 2. The third-order valence-corrected chi connectivity index (χ3v) is 6.42. The van der Waals surface area contributed by atoms with E-state index in [0.29, 0.717) is 5.69 Å². The first-order chi connectivity index (χ1) is 15.6. The molecule has 0 radical (unpaired) electrons. The van der Waals surface area contributed by atoms with Crippen molar-refractivity contribution in [2.75, 3.05) is 10.0 Å². The number of halogens is 1. The first kappa shape index (κ1) is 23.9. The van der Waals surface area contributed by atoms with Gasteiger partial charge >= 0.3 is 5.97 Å². The Morgan fingerprint density at radius 3 is 2.21 bits per heavy atom. The van der Waals surface area contributed by atoms with Crippen LogP contribution in [0.15, 0.2) is 71.6 Å². The van der Waals surface area contributed by atoms with E-state index < -0.39 is 33.8 Å². The Morgan fingerprint density at radius 1 is 0.909 bits per heavy atom. The highest BCUT2D eigenvalue weighted by molar-refractivity contribution is 7.92. The van der Waals surface area contributed by atoms with E-state index in [1.807, 2.05) is 19.9 Å². The van der Waals surface area contributed by atoms with E-state index in [0.717, 1.165) is 11.1 Å². The lowest BCUT2D eigenvalue weighted by Gasteiger charge is -2.14. The molecule has 0 saturated carbocycles. The third kappa shape index (κ3) is 5.75. The molecule has 2 N–H and O–H groups in total. The van der Waals surface area contributed by atoms with Crippen LogP contribution in [0.2, 0.25) is 0 Å². The van der Waals surface area contributed by atoms with Crippen LogP contribution in [-0.4, -0.2) is 26.4 Å². The van der Waals surface area contributed by atoms with Gasteiger partial charge in [0.2, 0.25) is 0 Å². The quantitative estimate of drug-likeness (QED) is 0.498. The summed E-state index contributed by atoms with van der Waals surface area (Å²) in [4.78, 5) is 24.5. The van der Waals surface area contributed by atoms with Crippen molar-refractivity contribution in [3.8, 4) is 0 Å². The van der Waals surface area contributed by atoms with Gasteiger partial charge in [-0.25, -0.2) is 17.6 Å². The fraction of sp³-hybridized carbons (Fsp3) is 0.167. The molecule has 0 heterocycles. The summed E-state index contributed by atoms with van der Waals surface area (Å²) in [5.74, 6) is -2.14. The van der Waals surface area contributed by atoms with E-state index in [1.165, 1.54) is 49.4 Å². The van der Waals surface area contributed by atoms with E-state index in [2.05, 4.69) is 10.0 Å². The Balaban J connectivity index is 1.66. The van der Waals surface area contributed by atoms with Crippen LogP contribution in [0.1, 0.15) is 28.4 Å². The van der Waals surface area contributed by atoms with Crippen LogP contribution in [0, 0.1) is 19.7 Å². The molecule has 0 aliphatic rings. The number of rotatable bonds is 7. The molecule has 3 aromatic carbocycles. The molecule has 0 spiro atoms. The molecule has 0 saturated heterocycles. The maximum absolute atomic E-state index is 13.7. The number of hydrogen-bond acceptors (Lipinski definition) is 5. The number of anilines is 2. The van der Waals surface area contributed by atoms with E-state index in [4.69, 9.17) is 4.74 Å². The number of esters is 1. The van der Waals surface area contributed by atoms with Crippen LogP contribution in [0.5, 0.6) is 0 Å². The number of aryl methyl sites for hydroxylation is 1. The monoisotopic (exact) mass is 470 g/mol. The number of carbonyl (C=O) groups excluding carboxylic acids is 2. The standard InChI is InChI=1S/C24H23FN2O5S/c1-15-7-6-10-21(16(15)2)27-33(30,31)19-13-11-18(12-14-19)24(29)32-17(3)23(28)26-22-9-5-4-8-20(22)25/h4-14,17,27H,1-3H3,(H,26,28). The number of amides is 1. The van der Waals surface area contributed by atoms with Crippen molar-refractivity contribution >= 4 is 33.3 Å². The molecule has 3 rings (SSSR count). The van der Waals surface area contributed by atoms with Crippen molar-refractivity contribution in [2.45, 2.75) is 31.8 Å². The topological polar surface area (TPSA) is 102 Å². The molecule has 0 aliphatic carbocycles. The van der Waals surface area contributed by atoms with E-state index in [9.17, 15) is 22.4 Å². The van der Waals surface area contributed by atoms with Gasteiger partial charge in [0.25, 0.3) is 15.9 Å². The molecular weight excluding hydrogens is 447 g/mol. The zero-order valence-electron chi connectivity index (χ0n) is 18.3. The summed E-state index contributed by atoms with van der Waals surface area (Å²) in [5.41, 5.74) is 2.25.